The number of hydrogen-bond acceptors (Lipinski definition) is 3. The lowest BCUT2D eigenvalue weighted by Gasteiger charge is -1.99. The molecule has 2 aromatic rings. The van der Waals surface area contributed by atoms with Gasteiger partial charge in [0.15, 0.2) is 0 Å². The Morgan fingerprint density at radius 1 is 1.11 bits per heavy atom. The summed E-state index contributed by atoms with van der Waals surface area (Å²) < 4.78 is 30.8. The third-order valence-corrected chi connectivity index (χ3v) is 3.31. The highest BCUT2D eigenvalue weighted by Gasteiger charge is 2.05. The van der Waals surface area contributed by atoms with E-state index in [0.717, 1.165) is 11.0 Å². The molecule has 4 nitrogen and oxygen atoms in total. The van der Waals surface area contributed by atoms with Crippen molar-refractivity contribution in [2.45, 2.75) is 6.54 Å². The Bertz CT molecular complexity index is 601. The topological polar surface area (TPSA) is 59.3 Å². The van der Waals surface area contributed by atoms with E-state index in [-0.39, 0.29) is 6.54 Å². The first-order chi connectivity index (χ1) is 8.66. The van der Waals surface area contributed by atoms with Gasteiger partial charge >= 0.3 is 0 Å². The van der Waals surface area contributed by atoms with Gasteiger partial charge in [0.05, 0.1) is 12.8 Å². The monoisotopic (exact) mass is 263 g/mol. The second kappa shape index (κ2) is 5.66. The molecule has 1 aromatic carbocycles. The number of hydrogen-bond donors (Lipinski definition) is 1. The van der Waals surface area contributed by atoms with E-state index in [4.69, 9.17) is 4.42 Å². The normalized spacial score (nSPS) is 12.0. The van der Waals surface area contributed by atoms with Crippen LogP contribution in [0.15, 0.2) is 58.6 Å². The molecule has 5 heteroatoms. The number of rotatable bonds is 5. The van der Waals surface area contributed by atoms with Crippen molar-refractivity contribution in [1.29, 1.82) is 0 Å². The van der Waals surface area contributed by atoms with Gasteiger partial charge in [-0.15, -0.1) is 0 Å². The van der Waals surface area contributed by atoms with Crippen molar-refractivity contribution in [3.8, 4) is 0 Å². The van der Waals surface area contributed by atoms with Gasteiger partial charge in [0.2, 0.25) is 10.0 Å². The van der Waals surface area contributed by atoms with E-state index in [1.54, 1.807) is 18.2 Å². The SMILES string of the molecule is O=S(=O)(/C=C/c1ccccc1)NCc1ccco1. The smallest absolute Gasteiger partial charge is 0.234 e. The van der Waals surface area contributed by atoms with E-state index in [9.17, 15) is 8.42 Å². The zero-order chi connectivity index (χ0) is 12.8. The molecular formula is C13H13NO3S. The Hall–Kier alpha value is -1.85. The van der Waals surface area contributed by atoms with Crippen LogP contribution >= 0.6 is 0 Å². The first-order valence-electron chi connectivity index (χ1n) is 5.41. The lowest BCUT2D eigenvalue weighted by Crippen LogP contribution is -2.20. The van der Waals surface area contributed by atoms with Crippen LogP contribution in [0.25, 0.3) is 6.08 Å². The lowest BCUT2D eigenvalue weighted by atomic mass is 10.2. The fourth-order valence-corrected chi connectivity index (χ4v) is 2.14. The van der Waals surface area contributed by atoms with Gasteiger partial charge in [-0.25, -0.2) is 13.1 Å². The van der Waals surface area contributed by atoms with Gasteiger partial charge in [-0.05, 0) is 23.8 Å². The molecule has 0 amide bonds. The average molecular weight is 263 g/mol. The molecular weight excluding hydrogens is 250 g/mol. The van der Waals surface area contributed by atoms with E-state index >= 15 is 0 Å². The maximum absolute atomic E-state index is 11.7. The van der Waals surface area contributed by atoms with Crippen molar-refractivity contribution < 1.29 is 12.8 Å². The number of furan rings is 1. The zero-order valence-corrected chi connectivity index (χ0v) is 10.4. The van der Waals surface area contributed by atoms with Crippen molar-refractivity contribution in [3.05, 3.63) is 65.5 Å². The number of nitrogens with one attached hydrogen (secondary N) is 1. The molecule has 2 rings (SSSR count). The first-order valence-corrected chi connectivity index (χ1v) is 6.95. The summed E-state index contributed by atoms with van der Waals surface area (Å²) in [6.45, 7) is 0.147. The summed E-state index contributed by atoms with van der Waals surface area (Å²) in [6, 6.07) is 12.7. The van der Waals surface area contributed by atoms with Crippen molar-refractivity contribution in [3.63, 3.8) is 0 Å². The molecule has 0 fully saturated rings. The third-order valence-electron chi connectivity index (χ3n) is 2.27. The van der Waals surface area contributed by atoms with Gasteiger partial charge in [0.25, 0.3) is 0 Å². The molecule has 1 heterocycles. The van der Waals surface area contributed by atoms with Gasteiger partial charge < -0.3 is 4.42 Å². The van der Waals surface area contributed by atoms with Crippen molar-refractivity contribution in [2.24, 2.45) is 0 Å². The summed E-state index contributed by atoms with van der Waals surface area (Å²) in [6.07, 6.45) is 3.05. The Labute approximate surface area is 106 Å². The van der Waals surface area contributed by atoms with Gasteiger partial charge in [-0.3, -0.25) is 0 Å². The molecule has 1 N–H and O–H groups in total. The number of sulfonamides is 1. The fraction of sp³-hybridized carbons (Fsp3) is 0.0769. The van der Waals surface area contributed by atoms with Crippen LogP contribution in [0, 0.1) is 0 Å². The predicted molar refractivity (Wildman–Crippen MR) is 69.9 cm³/mol. The summed E-state index contributed by atoms with van der Waals surface area (Å²) in [7, 11) is -3.45. The molecule has 18 heavy (non-hydrogen) atoms. The van der Waals surface area contributed by atoms with Crippen LogP contribution in [0.1, 0.15) is 11.3 Å². The minimum Gasteiger partial charge on any atom is -0.468 e. The maximum atomic E-state index is 11.7. The second-order valence-electron chi connectivity index (χ2n) is 3.66. The standard InChI is InChI=1S/C13H13NO3S/c15-18(16,14-11-13-7-4-9-17-13)10-8-12-5-2-1-3-6-12/h1-10,14H,11H2/b10-8+. The van der Waals surface area contributed by atoms with Crippen LogP contribution in [0.2, 0.25) is 0 Å². The second-order valence-corrected chi connectivity index (χ2v) is 5.31. The third kappa shape index (κ3) is 3.87. The Kier molecular flexibility index (Phi) is 3.96. The van der Waals surface area contributed by atoms with Gasteiger partial charge in [-0.1, -0.05) is 30.3 Å². The van der Waals surface area contributed by atoms with Gasteiger partial charge in [-0.2, -0.15) is 0 Å². The molecule has 0 saturated carbocycles. The van der Waals surface area contributed by atoms with Crippen LogP contribution in [0.3, 0.4) is 0 Å². The summed E-state index contributed by atoms with van der Waals surface area (Å²) in [4.78, 5) is 0. The molecule has 0 unspecified atom stereocenters. The van der Waals surface area contributed by atoms with E-state index in [1.165, 1.54) is 6.26 Å². The Morgan fingerprint density at radius 3 is 2.56 bits per heavy atom. The Balaban J connectivity index is 1.97. The molecule has 1 aromatic heterocycles. The van der Waals surface area contributed by atoms with E-state index in [0.29, 0.717) is 5.76 Å². The average Bonchev–Trinajstić information content (AvgIpc) is 2.89. The van der Waals surface area contributed by atoms with E-state index in [1.807, 2.05) is 30.3 Å². The molecule has 0 atom stereocenters. The molecule has 94 valence electrons. The summed E-state index contributed by atoms with van der Waals surface area (Å²) in [5.41, 5.74) is 0.834. The highest BCUT2D eigenvalue weighted by Crippen LogP contribution is 2.04. The fourth-order valence-electron chi connectivity index (χ4n) is 1.37. The van der Waals surface area contributed by atoms with Crippen molar-refractivity contribution in [2.75, 3.05) is 0 Å². The summed E-state index contributed by atoms with van der Waals surface area (Å²) in [5.74, 6) is 0.576. The number of benzene rings is 1. The van der Waals surface area contributed by atoms with E-state index in [2.05, 4.69) is 4.72 Å². The molecule has 0 aliphatic carbocycles. The van der Waals surface area contributed by atoms with Crippen LogP contribution in [-0.2, 0) is 16.6 Å². The highest BCUT2D eigenvalue weighted by molar-refractivity contribution is 7.92. The van der Waals surface area contributed by atoms with Crippen molar-refractivity contribution in [1.82, 2.24) is 4.72 Å². The summed E-state index contributed by atoms with van der Waals surface area (Å²) >= 11 is 0. The summed E-state index contributed by atoms with van der Waals surface area (Å²) in [5, 5.41) is 1.14. The predicted octanol–water partition coefficient (Wildman–Crippen LogP) is 2.37. The highest BCUT2D eigenvalue weighted by atomic mass is 32.2. The molecule has 0 bridgehead atoms. The molecule has 0 saturated heterocycles. The van der Waals surface area contributed by atoms with Crippen LogP contribution in [0.4, 0.5) is 0 Å². The minimum atomic E-state index is -3.45. The molecule has 0 aliphatic rings. The van der Waals surface area contributed by atoms with Crippen LogP contribution < -0.4 is 4.72 Å². The van der Waals surface area contributed by atoms with Crippen LogP contribution in [-0.4, -0.2) is 8.42 Å². The van der Waals surface area contributed by atoms with Gasteiger partial charge in [0, 0.05) is 5.41 Å². The van der Waals surface area contributed by atoms with Crippen molar-refractivity contribution >= 4 is 16.1 Å². The van der Waals surface area contributed by atoms with Crippen LogP contribution in [0.5, 0.6) is 0 Å². The lowest BCUT2D eigenvalue weighted by molar-refractivity contribution is 0.500. The largest absolute Gasteiger partial charge is 0.468 e. The molecule has 0 spiro atoms. The Morgan fingerprint density at radius 2 is 1.89 bits per heavy atom. The first kappa shape index (κ1) is 12.6. The quantitative estimate of drug-likeness (QED) is 0.901. The molecule has 0 radical (unpaired) electrons. The van der Waals surface area contributed by atoms with Gasteiger partial charge in [0.1, 0.15) is 5.76 Å². The van der Waals surface area contributed by atoms with E-state index < -0.39 is 10.0 Å². The minimum absolute atomic E-state index is 0.147. The molecule has 0 aliphatic heterocycles. The zero-order valence-electron chi connectivity index (χ0n) is 9.61. The maximum Gasteiger partial charge on any atom is 0.234 e.